The molecule has 0 aliphatic carbocycles. The number of hydrazone groups is 1. The first-order valence-electron chi connectivity index (χ1n) is 8.14. The third-order valence-electron chi connectivity index (χ3n) is 4.01. The summed E-state index contributed by atoms with van der Waals surface area (Å²) in [5, 5.41) is 13.8. The Hall–Kier alpha value is -2.81. The van der Waals surface area contributed by atoms with Gasteiger partial charge in [-0.3, -0.25) is 4.79 Å². The van der Waals surface area contributed by atoms with Crippen LogP contribution < -0.4 is 10.2 Å². The average Bonchev–Trinajstić information content (AvgIpc) is 3.04. The summed E-state index contributed by atoms with van der Waals surface area (Å²) in [5.41, 5.74) is 5.65. The van der Waals surface area contributed by atoms with Crippen LogP contribution in [-0.2, 0) is 0 Å². The summed E-state index contributed by atoms with van der Waals surface area (Å²) in [6, 6.07) is 16.3. The Labute approximate surface area is 170 Å². The number of ether oxygens (including phenoxy) is 1. The van der Waals surface area contributed by atoms with Crippen molar-refractivity contribution >= 4 is 34.7 Å². The van der Waals surface area contributed by atoms with Gasteiger partial charge in [-0.05, 0) is 84.1 Å². The number of hydrogen-bond acceptors (Lipinski definition) is 4. The fraction of sp³-hybridized carbons (Fsp3) is 0.100. The summed E-state index contributed by atoms with van der Waals surface area (Å²) in [5.74, 6) is 0.459. The second-order valence-electron chi connectivity index (χ2n) is 5.80. The Kier molecular flexibility index (Phi) is 5.80. The van der Waals surface area contributed by atoms with E-state index in [9.17, 15) is 9.90 Å². The molecule has 3 rings (SSSR count). The highest BCUT2D eigenvalue weighted by Crippen LogP contribution is 2.21. The van der Waals surface area contributed by atoms with Gasteiger partial charge in [0, 0.05) is 16.9 Å². The number of aryl methyl sites for hydroxylation is 1. The predicted molar refractivity (Wildman–Crippen MR) is 113 cm³/mol. The van der Waals surface area contributed by atoms with Gasteiger partial charge in [0.25, 0.3) is 5.91 Å². The lowest BCUT2D eigenvalue weighted by Crippen LogP contribution is -2.17. The molecular weight excluding hydrogens is 457 g/mol. The average molecular weight is 475 g/mol. The van der Waals surface area contributed by atoms with Crippen molar-refractivity contribution in [3.8, 4) is 17.2 Å². The van der Waals surface area contributed by atoms with Gasteiger partial charge in [-0.2, -0.15) is 5.10 Å². The zero-order valence-electron chi connectivity index (χ0n) is 14.8. The van der Waals surface area contributed by atoms with Crippen LogP contribution in [0.2, 0.25) is 0 Å². The number of amides is 1. The highest BCUT2D eigenvalue weighted by Gasteiger charge is 2.08. The van der Waals surface area contributed by atoms with Crippen LogP contribution in [0.3, 0.4) is 0 Å². The van der Waals surface area contributed by atoms with Crippen molar-refractivity contribution in [1.29, 1.82) is 0 Å². The van der Waals surface area contributed by atoms with E-state index in [1.165, 1.54) is 6.07 Å². The van der Waals surface area contributed by atoms with Gasteiger partial charge in [-0.1, -0.05) is 0 Å². The molecule has 1 aromatic heterocycles. The third kappa shape index (κ3) is 4.30. The lowest BCUT2D eigenvalue weighted by atomic mass is 10.2. The number of aromatic nitrogens is 1. The van der Waals surface area contributed by atoms with Crippen molar-refractivity contribution in [2.75, 3.05) is 7.11 Å². The van der Waals surface area contributed by atoms with Gasteiger partial charge in [0.05, 0.1) is 22.6 Å². The first-order chi connectivity index (χ1) is 13.0. The molecule has 0 saturated carbocycles. The molecule has 0 fully saturated rings. The smallest absolute Gasteiger partial charge is 0.271 e. The van der Waals surface area contributed by atoms with Crippen LogP contribution in [0.5, 0.6) is 11.5 Å². The number of nitrogens with one attached hydrogen (secondary N) is 1. The SMILES string of the molecule is COc1ccc(-n2c(C)ccc2/C=N/NC(=O)c2ccc(I)c(O)c2)cc1. The Bertz CT molecular complexity index is 994. The van der Waals surface area contributed by atoms with Crippen molar-refractivity contribution in [1.82, 2.24) is 9.99 Å². The standard InChI is InChI=1S/C20H18IN3O3/c1-13-3-5-16(24(13)15-6-8-17(27-2)9-7-15)12-22-23-20(26)14-4-10-18(21)19(25)11-14/h3-12,25H,1-2H3,(H,23,26)/b22-12+. The minimum absolute atomic E-state index is 0.0660. The summed E-state index contributed by atoms with van der Waals surface area (Å²) in [7, 11) is 1.63. The van der Waals surface area contributed by atoms with E-state index < -0.39 is 5.91 Å². The van der Waals surface area contributed by atoms with Gasteiger partial charge >= 0.3 is 0 Å². The van der Waals surface area contributed by atoms with Gasteiger partial charge in [-0.25, -0.2) is 5.43 Å². The molecule has 0 spiro atoms. The molecule has 1 amide bonds. The second-order valence-corrected chi connectivity index (χ2v) is 6.96. The minimum atomic E-state index is -0.391. The number of aromatic hydroxyl groups is 1. The van der Waals surface area contributed by atoms with E-state index in [-0.39, 0.29) is 5.75 Å². The predicted octanol–water partition coefficient (Wildman–Crippen LogP) is 3.87. The van der Waals surface area contributed by atoms with Crippen molar-refractivity contribution < 1.29 is 14.6 Å². The van der Waals surface area contributed by atoms with E-state index in [0.29, 0.717) is 9.13 Å². The van der Waals surface area contributed by atoms with E-state index in [1.807, 2.05) is 70.5 Å². The van der Waals surface area contributed by atoms with Crippen LogP contribution in [0.15, 0.2) is 59.7 Å². The lowest BCUT2D eigenvalue weighted by Gasteiger charge is -2.10. The van der Waals surface area contributed by atoms with Crippen LogP contribution in [0.25, 0.3) is 5.69 Å². The molecule has 7 heteroatoms. The summed E-state index contributed by atoms with van der Waals surface area (Å²) in [6.07, 6.45) is 1.59. The van der Waals surface area contributed by atoms with E-state index in [4.69, 9.17) is 4.74 Å². The molecule has 1 heterocycles. The number of nitrogens with zero attached hydrogens (tertiary/aromatic N) is 2. The van der Waals surface area contributed by atoms with Gasteiger partial charge in [0.1, 0.15) is 11.5 Å². The molecule has 138 valence electrons. The molecule has 6 nitrogen and oxygen atoms in total. The molecule has 0 atom stereocenters. The zero-order valence-corrected chi connectivity index (χ0v) is 17.0. The highest BCUT2D eigenvalue weighted by molar-refractivity contribution is 14.1. The molecule has 0 unspecified atom stereocenters. The molecule has 0 radical (unpaired) electrons. The number of phenols is 1. The number of phenolic OH excluding ortho intramolecular Hbond substituents is 1. The van der Waals surface area contributed by atoms with Crippen molar-refractivity contribution in [3.63, 3.8) is 0 Å². The van der Waals surface area contributed by atoms with E-state index in [1.54, 1.807) is 25.5 Å². The molecule has 0 aliphatic heterocycles. The maximum absolute atomic E-state index is 12.2. The molecule has 0 bridgehead atoms. The van der Waals surface area contributed by atoms with Crippen LogP contribution in [0.4, 0.5) is 0 Å². The number of methoxy groups -OCH3 is 1. The summed E-state index contributed by atoms with van der Waals surface area (Å²) in [6.45, 7) is 1.99. The maximum atomic E-state index is 12.2. The molecule has 27 heavy (non-hydrogen) atoms. The van der Waals surface area contributed by atoms with Crippen molar-refractivity contribution in [2.24, 2.45) is 5.10 Å². The number of hydrogen-bond donors (Lipinski definition) is 2. The van der Waals surface area contributed by atoms with Gasteiger partial charge in [0.15, 0.2) is 0 Å². The maximum Gasteiger partial charge on any atom is 0.271 e. The number of benzene rings is 2. The van der Waals surface area contributed by atoms with Gasteiger partial charge in [0.2, 0.25) is 0 Å². The molecule has 0 aliphatic rings. The third-order valence-corrected chi connectivity index (χ3v) is 4.92. The number of rotatable bonds is 5. The van der Waals surface area contributed by atoms with Gasteiger partial charge in [-0.15, -0.1) is 0 Å². The van der Waals surface area contributed by atoms with Crippen LogP contribution in [-0.4, -0.2) is 28.9 Å². The lowest BCUT2D eigenvalue weighted by molar-refractivity contribution is 0.0954. The molecular formula is C20H18IN3O3. The number of carbonyl (C=O) groups excluding carboxylic acids is 1. The first kappa shape index (κ1) is 19.0. The van der Waals surface area contributed by atoms with Crippen molar-refractivity contribution in [2.45, 2.75) is 6.92 Å². The first-order valence-corrected chi connectivity index (χ1v) is 9.22. The van der Waals surface area contributed by atoms with Crippen LogP contribution >= 0.6 is 22.6 Å². The van der Waals surface area contributed by atoms with E-state index in [2.05, 4.69) is 10.5 Å². The summed E-state index contributed by atoms with van der Waals surface area (Å²) in [4.78, 5) is 12.2. The zero-order chi connectivity index (χ0) is 19.4. The Morgan fingerprint density at radius 1 is 1.19 bits per heavy atom. The van der Waals surface area contributed by atoms with E-state index in [0.717, 1.165) is 22.8 Å². The Balaban J connectivity index is 1.77. The fourth-order valence-corrected chi connectivity index (χ4v) is 2.95. The van der Waals surface area contributed by atoms with Crippen LogP contribution in [0, 0.1) is 10.5 Å². The Morgan fingerprint density at radius 3 is 2.59 bits per heavy atom. The molecule has 2 N–H and O–H groups in total. The second kappa shape index (κ2) is 8.26. The largest absolute Gasteiger partial charge is 0.507 e. The quantitative estimate of drug-likeness (QED) is 0.334. The van der Waals surface area contributed by atoms with Crippen molar-refractivity contribution in [3.05, 3.63) is 75.1 Å². The Morgan fingerprint density at radius 2 is 1.93 bits per heavy atom. The fourth-order valence-electron chi connectivity index (χ4n) is 2.62. The summed E-state index contributed by atoms with van der Waals surface area (Å²) < 4.78 is 7.90. The normalized spacial score (nSPS) is 10.9. The van der Waals surface area contributed by atoms with Crippen LogP contribution in [0.1, 0.15) is 21.7 Å². The van der Waals surface area contributed by atoms with Gasteiger partial charge < -0.3 is 14.4 Å². The number of carbonyl (C=O) groups is 1. The highest BCUT2D eigenvalue weighted by atomic mass is 127. The molecule has 2 aromatic carbocycles. The van der Waals surface area contributed by atoms with E-state index >= 15 is 0 Å². The summed E-state index contributed by atoms with van der Waals surface area (Å²) >= 11 is 1.99. The molecule has 3 aromatic rings. The minimum Gasteiger partial charge on any atom is -0.507 e. The molecule has 0 saturated heterocycles. The number of halogens is 1. The monoisotopic (exact) mass is 475 g/mol. The topological polar surface area (TPSA) is 75.8 Å².